The van der Waals surface area contributed by atoms with Crippen LogP contribution in [0.3, 0.4) is 0 Å². The van der Waals surface area contributed by atoms with E-state index >= 15 is 0 Å². The van der Waals surface area contributed by atoms with Gasteiger partial charge in [0.25, 0.3) is 10.0 Å². The van der Waals surface area contributed by atoms with Crippen molar-refractivity contribution >= 4 is 38.9 Å². The SMILES string of the molecule is CCN(C)C(=O)CN(C)S(=O)(=O)c1ccc(Cl)s1. The number of likely N-dealkylation sites (N-methyl/N-ethyl adjacent to an activating group) is 2. The van der Waals surface area contributed by atoms with Crippen molar-refractivity contribution < 1.29 is 13.2 Å². The van der Waals surface area contributed by atoms with Crippen LogP contribution in [0.5, 0.6) is 0 Å². The molecular formula is C10H15ClN2O3S2. The molecule has 1 heterocycles. The molecule has 1 aromatic rings. The Morgan fingerprint density at radius 3 is 2.44 bits per heavy atom. The van der Waals surface area contributed by atoms with Crippen molar-refractivity contribution in [3.05, 3.63) is 16.5 Å². The summed E-state index contributed by atoms with van der Waals surface area (Å²) in [6.07, 6.45) is 0. The van der Waals surface area contributed by atoms with Gasteiger partial charge in [0, 0.05) is 20.6 Å². The molecule has 18 heavy (non-hydrogen) atoms. The number of thiophene rings is 1. The summed E-state index contributed by atoms with van der Waals surface area (Å²) in [6, 6.07) is 2.96. The number of sulfonamides is 1. The highest BCUT2D eigenvalue weighted by Gasteiger charge is 2.25. The zero-order valence-corrected chi connectivity index (χ0v) is 12.8. The molecule has 0 fully saturated rings. The third-order valence-electron chi connectivity index (χ3n) is 2.47. The molecular weight excluding hydrogens is 296 g/mol. The highest BCUT2D eigenvalue weighted by Crippen LogP contribution is 2.27. The highest BCUT2D eigenvalue weighted by molar-refractivity contribution is 7.91. The number of hydrogen-bond acceptors (Lipinski definition) is 4. The van der Waals surface area contributed by atoms with Gasteiger partial charge in [-0.1, -0.05) is 11.6 Å². The molecule has 0 bridgehead atoms. The van der Waals surface area contributed by atoms with E-state index in [9.17, 15) is 13.2 Å². The van der Waals surface area contributed by atoms with E-state index in [1.54, 1.807) is 7.05 Å². The van der Waals surface area contributed by atoms with Crippen LogP contribution in [0.2, 0.25) is 4.34 Å². The molecule has 0 aromatic carbocycles. The zero-order valence-electron chi connectivity index (χ0n) is 10.4. The Bertz CT molecular complexity index is 527. The summed E-state index contributed by atoms with van der Waals surface area (Å²) >= 11 is 6.69. The fourth-order valence-corrected chi connectivity index (χ4v) is 3.98. The summed E-state index contributed by atoms with van der Waals surface area (Å²) < 4.78 is 25.8. The number of carbonyl (C=O) groups excluding carboxylic acids is 1. The number of amides is 1. The topological polar surface area (TPSA) is 57.7 Å². The molecule has 0 saturated carbocycles. The largest absolute Gasteiger partial charge is 0.345 e. The standard InChI is InChI=1S/C10H15ClN2O3S2/c1-4-12(2)9(14)7-13(3)18(15,16)10-6-5-8(11)17-10/h5-6H,4,7H2,1-3H3. The Labute approximate surface area is 116 Å². The van der Waals surface area contributed by atoms with E-state index in [0.717, 1.165) is 15.6 Å². The molecule has 1 aromatic heterocycles. The molecule has 0 radical (unpaired) electrons. The monoisotopic (exact) mass is 310 g/mol. The van der Waals surface area contributed by atoms with Gasteiger partial charge in [0.1, 0.15) is 4.21 Å². The van der Waals surface area contributed by atoms with E-state index < -0.39 is 10.0 Å². The number of rotatable bonds is 5. The molecule has 1 amide bonds. The van der Waals surface area contributed by atoms with E-state index in [4.69, 9.17) is 11.6 Å². The van der Waals surface area contributed by atoms with E-state index in [2.05, 4.69) is 0 Å². The van der Waals surface area contributed by atoms with Crippen LogP contribution in [-0.4, -0.2) is 50.7 Å². The molecule has 0 spiro atoms. The van der Waals surface area contributed by atoms with Gasteiger partial charge in [0.2, 0.25) is 5.91 Å². The number of halogens is 1. The van der Waals surface area contributed by atoms with Gasteiger partial charge in [-0.15, -0.1) is 11.3 Å². The minimum absolute atomic E-state index is 0.141. The smallest absolute Gasteiger partial charge is 0.252 e. The van der Waals surface area contributed by atoms with E-state index in [-0.39, 0.29) is 16.7 Å². The quantitative estimate of drug-likeness (QED) is 0.828. The lowest BCUT2D eigenvalue weighted by Crippen LogP contribution is -2.39. The summed E-state index contributed by atoms with van der Waals surface area (Å²) in [5.74, 6) is -0.244. The normalized spacial score (nSPS) is 11.8. The zero-order chi connectivity index (χ0) is 13.9. The fraction of sp³-hybridized carbons (Fsp3) is 0.500. The maximum Gasteiger partial charge on any atom is 0.252 e. The summed E-state index contributed by atoms with van der Waals surface area (Å²) in [5.41, 5.74) is 0. The molecule has 0 unspecified atom stereocenters. The van der Waals surface area contributed by atoms with Crippen molar-refractivity contribution in [2.24, 2.45) is 0 Å². The molecule has 0 saturated heterocycles. The summed E-state index contributed by atoms with van der Waals surface area (Å²) in [6.45, 7) is 2.19. The third kappa shape index (κ3) is 3.44. The average Bonchev–Trinajstić information content (AvgIpc) is 2.75. The third-order valence-corrected chi connectivity index (χ3v) is 5.97. The summed E-state index contributed by atoms with van der Waals surface area (Å²) in [4.78, 5) is 13.1. The van der Waals surface area contributed by atoms with Gasteiger partial charge in [-0.2, -0.15) is 4.31 Å². The predicted octanol–water partition coefficient (Wildman–Crippen LogP) is 1.50. The van der Waals surface area contributed by atoms with E-state index in [0.29, 0.717) is 10.9 Å². The van der Waals surface area contributed by atoms with Crippen LogP contribution in [0.1, 0.15) is 6.92 Å². The van der Waals surface area contributed by atoms with Gasteiger partial charge in [-0.05, 0) is 19.1 Å². The molecule has 0 atom stereocenters. The van der Waals surface area contributed by atoms with Crippen LogP contribution in [0, 0.1) is 0 Å². The fourth-order valence-electron chi connectivity index (χ4n) is 1.16. The lowest BCUT2D eigenvalue weighted by Gasteiger charge is -2.20. The second kappa shape index (κ2) is 6.01. The second-order valence-corrected chi connectivity index (χ2v) is 7.71. The lowest BCUT2D eigenvalue weighted by molar-refractivity contribution is -0.129. The van der Waals surface area contributed by atoms with Gasteiger partial charge < -0.3 is 4.90 Å². The number of nitrogens with zero attached hydrogens (tertiary/aromatic N) is 2. The van der Waals surface area contributed by atoms with Crippen LogP contribution >= 0.6 is 22.9 Å². The Morgan fingerprint density at radius 1 is 1.39 bits per heavy atom. The van der Waals surface area contributed by atoms with Crippen molar-refractivity contribution in [1.82, 2.24) is 9.21 Å². The van der Waals surface area contributed by atoms with Gasteiger partial charge in [0.15, 0.2) is 0 Å². The van der Waals surface area contributed by atoms with E-state index in [1.807, 2.05) is 6.92 Å². The van der Waals surface area contributed by atoms with Crippen molar-refractivity contribution in [3.8, 4) is 0 Å². The maximum absolute atomic E-state index is 12.1. The molecule has 0 N–H and O–H groups in total. The molecule has 102 valence electrons. The lowest BCUT2D eigenvalue weighted by atomic mass is 10.5. The van der Waals surface area contributed by atoms with Crippen molar-refractivity contribution in [3.63, 3.8) is 0 Å². The van der Waals surface area contributed by atoms with Gasteiger partial charge >= 0.3 is 0 Å². The van der Waals surface area contributed by atoms with Crippen molar-refractivity contribution in [2.45, 2.75) is 11.1 Å². The predicted molar refractivity (Wildman–Crippen MR) is 72.5 cm³/mol. The van der Waals surface area contributed by atoms with Crippen LogP contribution < -0.4 is 0 Å². The van der Waals surface area contributed by atoms with Crippen LogP contribution in [0.15, 0.2) is 16.3 Å². The number of hydrogen-bond donors (Lipinski definition) is 0. The molecule has 8 heteroatoms. The van der Waals surface area contributed by atoms with Gasteiger partial charge in [0.05, 0.1) is 10.9 Å². The summed E-state index contributed by atoms with van der Waals surface area (Å²) in [5, 5.41) is 0. The van der Waals surface area contributed by atoms with E-state index in [1.165, 1.54) is 24.1 Å². The van der Waals surface area contributed by atoms with Crippen molar-refractivity contribution in [1.29, 1.82) is 0 Å². The molecule has 0 aliphatic rings. The Balaban J connectivity index is 2.84. The highest BCUT2D eigenvalue weighted by atomic mass is 35.5. The molecule has 5 nitrogen and oxygen atoms in total. The minimum atomic E-state index is -3.64. The Morgan fingerprint density at radius 2 is 2.00 bits per heavy atom. The first kappa shape index (κ1) is 15.4. The number of carbonyl (C=O) groups is 1. The average molecular weight is 311 g/mol. The van der Waals surface area contributed by atoms with Crippen LogP contribution in [-0.2, 0) is 14.8 Å². The van der Waals surface area contributed by atoms with Crippen LogP contribution in [0.25, 0.3) is 0 Å². The Kier molecular flexibility index (Phi) is 5.15. The first-order chi connectivity index (χ1) is 8.28. The molecule has 0 aliphatic heterocycles. The molecule has 1 rings (SSSR count). The van der Waals surface area contributed by atoms with Gasteiger partial charge in [-0.25, -0.2) is 8.42 Å². The molecule has 0 aliphatic carbocycles. The minimum Gasteiger partial charge on any atom is -0.345 e. The summed E-state index contributed by atoms with van der Waals surface area (Å²) in [7, 11) is -0.626. The van der Waals surface area contributed by atoms with Crippen LogP contribution in [0.4, 0.5) is 0 Å². The Hall–Kier alpha value is -0.630. The maximum atomic E-state index is 12.1. The van der Waals surface area contributed by atoms with Gasteiger partial charge in [-0.3, -0.25) is 4.79 Å². The van der Waals surface area contributed by atoms with Crippen molar-refractivity contribution in [2.75, 3.05) is 27.2 Å². The second-order valence-electron chi connectivity index (χ2n) is 3.73. The first-order valence-corrected chi connectivity index (χ1v) is 7.88. The first-order valence-electron chi connectivity index (χ1n) is 5.24.